The number of aliphatic hydroxyl groups is 1. The van der Waals surface area contributed by atoms with Crippen molar-refractivity contribution >= 4 is 5.91 Å². The van der Waals surface area contributed by atoms with Gasteiger partial charge in [-0.25, -0.2) is 0 Å². The van der Waals surface area contributed by atoms with Crippen molar-refractivity contribution < 1.29 is 9.90 Å². The molecule has 1 amide bonds. The Hall–Kier alpha value is -0.570. The van der Waals surface area contributed by atoms with Gasteiger partial charge in [-0.15, -0.1) is 0 Å². The van der Waals surface area contributed by atoms with Crippen molar-refractivity contribution in [3.8, 4) is 0 Å². The third kappa shape index (κ3) is 9.16. The minimum atomic E-state index is -0.505. The molecule has 0 fully saturated rings. The highest BCUT2D eigenvalue weighted by Crippen LogP contribution is 2.15. The average molecular weight is 243 g/mol. The van der Waals surface area contributed by atoms with Crippen LogP contribution in [0.15, 0.2) is 0 Å². The van der Waals surface area contributed by atoms with E-state index in [1.165, 1.54) is 12.8 Å². The fourth-order valence-corrected chi connectivity index (χ4v) is 1.76. The number of amides is 1. The van der Waals surface area contributed by atoms with Crippen LogP contribution < -0.4 is 5.32 Å². The zero-order chi connectivity index (χ0) is 13.5. The molecule has 0 spiro atoms. The molecule has 0 aliphatic heterocycles. The zero-order valence-electron chi connectivity index (χ0n) is 12.0. The van der Waals surface area contributed by atoms with Crippen LogP contribution in [0.3, 0.4) is 0 Å². The minimum absolute atomic E-state index is 0.0273. The van der Waals surface area contributed by atoms with Crippen molar-refractivity contribution in [1.29, 1.82) is 0 Å². The van der Waals surface area contributed by atoms with Gasteiger partial charge in [-0.05, 0) is 25.7 Å². The van der Waals surface area contributed by atoms with E-state index in [0.29, 0.717) is 12.3 Å². The molecule has 0 rings (SSSR count). The molecule has 0 aromatic carbocycles. The summed E-state index contributed by atoms with van der Waals surface area (Å²) < 4.78 is 0. The maximum Gasteiger partial charge on any atom is 0.220 e. The van der Waals surface area contributed by atoms with Crippen LogP contribution in [0.25, 0.3) is 0 Å². The van der Waals surface area contributed by atoms with Gasteiger partial charge in [0.25, 0.3) is 0 Å². The molecule has 3 heteroatoms. The molecule has 0 aliphatic rings. The summed E-state index contributed by atoms with van der Waals surface area (Å²) >= 11 is 0. The van der Waals surface area contributed by atoms with Crippen LogP contribution in [0.1, 0.15) is 60.3 Å². The van der Waals surface area contributed by atoms with Gasteiger partial charge in [0.05, 0.1) is 12.1 Å². The summed E-state index contributed by atoms with van der Waals surface area (Å²) in [5.74, 6) is 1.20. The quantitative estimate of drug-likeness (QED) is 0.688. The Bertz CT molecular complexity index is 224. The average Bonchev–Trinajstić information content (AvgIpc) is 2.15. The molecule has 1 unspecified atom stereocenters. The van der Waals surface area contributed by atoms with Gasteiger partial charge in [0.15, 0.2) is 0 Å². The molecule has 0 saturated heterocycles. The number of hydrogen-bond donors (Lipinski definition) is 2. The Labute approximate surface area is 106 Å². The standard InChI is InChI=1S/C14H29NO2/c1-11(2)7-6-8-12(3)9-13(17)15-14(4,5)10-16/h11-12,16H,6-10H2,1-5H3,(H,15,17). The van der Waals surface area contributed by atoms with Crippen molar-refractivity contribution in [2.75, 3.05) is 6.61 Å². The Morgan fingerprint density at radius 3 is 2.29 bits per heavy atom. The van der Waals surface area contributed by atoms with Crippen LogP contribution in [0.4, 0.5) is 0 Å². The van der Waals surface area contributed by atoms with E-state index in [9.17, 15) is 4.79 Å². The molecule has 0 aromatic heterocycles. The summed E-state index contributed by atoms with van der Waals surface area (Å²) in [6.07, 6.45) is 4.08. The van der Waals surface area contributed by atoms with E-state index in [4.69, 9.17) is 5.11 Å². The van der Waals surface area contributed by atoms with E-state index in [2.05, 4.69) is 26.1 Å². The summed E-state index contributed by atoms with van der Waals surface area (Å²) in [6, 6.07) is 0. The van der Waals surface area contributed by atoms with Crippen LogP contribution in [0, 0.1) is 11.8 Å². The molecule has 0 heterocycles. The Morgan fingerprint density at radius 1 is 1.24 bits per heavy atom. The number of carbonyl (C=O) groups excluding carboxylic acids is 1. The molecular formula is C14H29NO2. The first-order chi connectivity index (χ1) is 7.76. The van der Waals surface area contributed by atoms with Crippen molar-refractivity contribution in [3.05, 3.63) is 0 Å². The first kappa shape index (κ1) is 16.4. The highest BCUT2D eigenvalue weighted by atomic mass is 16.3. The molecule has 2 N–H and O–H groups in total. The third-order valence-corrected chi connectivity index (χ3v) is 2.89. The van der Waals surface area contributed by atoms with Gasteiger partial charge in [-0.2, -0.15) is 0 Å². The highest BCUT2D eigenvalue weighted by molar-refractivity contribution is 5.76. The number of aliphatic hydroxyl groups excluding tert-OH is 1. The predicted octanol–water partition coefficient (Wildman–Crippen LogP) is 2.73. The molecule has 102 valence electrons. The van der Waals surface area contributed by atoms with Gasteiger partial charge in [0.2, 0.25) is 5.91 Å². The molecule has 0 bridgehead atoms. The van der Waals surface area contributed by atoms with Crippen LogP contribution >= 0.6 is 0 Å². The predicted molar refractivity (Wildman–Crippen MR) is 71.8 cm³/mol. The molecule has 1 atom stereocenters. The molecule has 0 aliphatic carbocycles. The van der Waals surface area contributed by atoms with Gasteiger partial charge in [-0.1, -0.05) is 40.0 Å². The van der Waals surface area contributed by atoms with Gasteiger partial charge in [0, 0.05) is 6.42 Å². The van der Waals surface area contributed by atoms with Gasteiger partial charge in [0.1, 0.15) is 0 Å². The van der Waals surface area contributed by atoms with E-state index in [0.717, 1.165) is 12.3 Å². The topological polar surface area (TPSA) is 49.3 Å². The summed E-state index contributed by atoms with van der Waals surface area (Å²) in [6.45, 7) is 10.2. The lowest BCUT2D eigenvalue weighted by Crippen LogP contribution is -2.46. The van der Waals surface area contributed by atoms with E-state index < -0.39 is 5.54 Å². The smallest absolute Gasteiger partial charge is 0.220 e. The summed E-state index contributed by atoms with van der Waals surface area (Å²) in [5, 5.41) is 11.9. The zero-order valence-corrected chi connectivity index (χ0v) is 12.0. The largest absolute Gasteiger partial charge is 0.394 e. The van der Waals surface area contributed by atoms with E-state index in [1.807, 2.05) is 13.8 Å². The van der Waals surface area contributed by atoms with E-state index in [-0.39, 0.29) is 12.5 Å². The molecule has 0 saturated carbocycles. The van der Waals surface area contributed by atoms with Crippen LogP contribution in [-0.2, 0) is 4.79 Å². The van der Waals surface area contributed by atoms with Crippen LogP contribution in [0.5, 0.6) is 0 Å². The van der Waals surface area contributed by atoms with Crippen molar-refractivity contribution in [1.82, 2.24) is 5.32 Å². The first-order valence-electron chi connectivity index (χ1n) is 6.68. The first-order valence-corrected chi connectivity index (χ1v) is 6.68. The molecule has 0 radical (unpaired) electrons. The molecule has 17 heavy (non-hydrogen) atoms. The third-order valence-electron chi connectivity index (χ3n) is 2.89. The van der Waals surface area contributed by atoms with Crippen molar-refractivity contribution in [2.45, 2.75) is 65.8 Å². The van der Waals surface area contributed by atoms with Crippen molar-refractivity contribution in [3.63, 3.8) is 0 Å². The minimum Gasteiger partial charge on any atom is -0.394 e. The lowest BCUT2D eigenvalue weighted by molar-refractivity contribution is -0.124. The number of carbonyl (C=O) groups is 1. The number of hydrogen-bond acceptors (Lipinski definition) is 2. The van der Waals surface area contributed by atoms with Gasteiger partial charge < -0.3 is 10.4 Å². The second kappa shape index (κ2) is 7.70. The SMILES string of the molecule is CC(C)CCCC(C)CC(=O)NC(C)(C)CO. The number of nitrogens with one attached hydrogen (secondary N) is 1. The lowest BCUT2D eigenvalue weighted by atomic mass is 9.96. The monoisotopic (exact) mass is 243 g/mol. The van der Waals surface area contributed by atoms with E-state index >= 15 is 0 Å². The molecule has 0 aromatic rings. The maximum atomic E-state index is 11.7. The Morgan fingerprint density at radius 2 is 1.82 bits per heavy atom. The second-order valence-corrected chi connectivity index (χ2v) is 6.22. The molecular weight excluding hydrogens is 214 g/mol. The second-order valence-electron chi connectivity index (χ2n) is 6.22. The summed E-state index contributed by atoms with van der Waals surface area (Å²) in [5.41, 5.74) is -0.505. The fraction of sp³-hybridized carbons (Fsp3) is 0.929. The fourth-order valence-electron chi connectivity index (χ4n) is 1.76. The van der Waals surface area contributed by atoms with Crippen LogP contribution in [-0.4, -0.2) is 23.2 Å². The summed E-state index contributed by atoms with van der Waals surface area (Å²) in [4.78, 5) is 11.7. The van der Waals surface area contributed by atoms with E-state index in [1.54, 1.807) is 0 Å². The molecule has 3 nitrogen and oxygen atoms in total. The van der Waals surface area contributed by atoms with Crippen LogP contribution in [0.2, 0.25) is 0 Å². The highest BCUT2D eigenvalue weighted by Gasteiger charge is 2.20. The van der Waals surface area contributed by atoms with Gasteiger partial charge in [-0.3, -0.25) is 4.79 Å². The Balaban J connectivity index is 3.80. The summed E-state index contributed by atoms with van der Waals surface area (Å²) in [7, 11) is 0. The number of rotatable bonds is 8. The normalized spacial score (nSPS) is 13.8. The van der Waals surface area contributed by atoms with Crippen molar-refractivity contribution in [2.24, 2.45) is 11.8 Å². The van der Waals surface area contributed by atoms with Gasteiger partial charge >= 0.3 is 0 Å². The Kier molecular flexibility index (Phi) is 7.44. The lowest BCUT2D eigenvalue weighted by Gasteiger charge is -2.24. The maximum absolute atomic E-state index is 11.7.